The fourth-order valence-corrected chi connectivity index (χ4v) is 4.63. The first-order valence-electron chi connectivity index (χ1n) is 11.5. The zero-order valence-electron chi connectivity index (χ0n) is 20.1. The Morgan fingerprint density at radius 1 is 1.21 bits per heavy atom. The molecule has 0 fully saturated rings. The second-order valence-electron chi connectivity index (χ2n) is 8.24. The van der Waals surface area contributed by atoms with E-state index < -0.39 is 5.91 Å². The normalized spacial score (nSPS) is 11.1. The minimum absolute atomic E-state index is 0.0150. The van der Waals surface area contributed by atoms with Crippen molar-refractivity contribution in [3.05, 3.63) is 70.7 Å². The lowest BCUT2D eigenvalue weighted by molar-refractivity contribution is 0.0997. The smallest absolute Gasteiger partial charge is 0.259 e. The van der Waals surface area contributed by atoms with Gasteiger partial charge in [-0.05, 0) is 66.8 Å². The number of hydrogen-bond acceptors (Lipinski definition) is 11. The Kier molecular flexibility index (Phi) is 7.38. The van der Waals surface area contributed by atoms with Gasteiger partial charge in [-0.15, -0.1) is 5.10 Å². The number of rotatable bonds is 10. The average molecular weight is 570 g/mol. The second kappa shape index (κ2) is 11.0. The van der Waals surface area contributed by atoms with Gasteiger partial charge in [0.25, 0.3) is 11.7 Å². The number of carbonyl (C=O) groups is 1. The van der Waals surface area contributed by atoms with Crippen LogP contribution in [0.2, 0.25) is 5.02 Å². The monoisotopic (exact) mass is 569 g/mol. The molecule has 7 N–H and O–H groups in total. The molecule has 0 saturated heterocycles. The Morgan fingerprint density at radius 2 is 2.05 bits per heavy atom. The highest BCUT2D eigenvalue weighted by Gasteiger charge is 2.15. The minimum atomic E-state index is -0.810. The number of nitrogens with one attached hydrogen (secondary N) is 2. The molecule has 0 spiro atoms. The molecule has 1 amide bonds. The van der Waals surface area contributed by atoms with Gasteiger partial charge in [0.15, 0.2) is 5.76 Å². The summed E-state index contributed by atoms with van der Waals surface area (Å²) in [5.74, 6) is -0.0847. The van der Waals surface area contributed by atoms with Gasteiger partial charge < -0.3 is 31.0 Å². The molecule has 2 aromatic carbocycles. The summed E-state index contributed by atoms with van der Waals surface area (Å²) in [4.78, 5) is 24.8. The number of primary amides is 1. The molecular weight excluding hydrogens is 549 g/mol. The molecule has 0 bridgehead atoms. The van der Waals surface area contributed by atoms with E-state index in [0.717, 1.165) is 11.9 Å². The molecule has 0 radical (unpaired) electrons. The summed E-state index contributed by atoms with van der Waals surface area (Å²) >= 11 is 7.05. The Bertz CT molecular complexity index is 1660. The number of furan rings is 1. The first-order valence-corrected chi connectivity index (χ1v) is 12.7. The van der Waals surface area contributed by atoms with Crippen molar-refractivity contribution in [3.63, 3.8) is 0 Å². The Morgan fingerprint density at radius 3 is 2.79 bits per heavy atom. The Labute approximate surface area is 229 Å². The van der Waals surface area contributed by atoms with Gasteiger partial charge in [0, 0.05) is 17.1 Å². The molecule has 15 heteroatoms. The van der Waals surface area contributed by atoms with Crippen LogP contribution < -0.4 is 21.5 Å². The number of aryl methyl sites for hydroxylation is 1. The third kappa shape index (κ3) is 5.81. The number of nitrogen functional groups attached to an aromatic ring is 1. The van der Waals surface area contributed by atoms with E-state index in [1.165, 1.54) is 29.0 Å². The van der Waals surface area contributed by atoms with Crippen molar-refractivity contribution in [3.8, 4) is 17.3 Å². The van der Waals surface area contributed by atoms with Gasteiger partial charge in [0.1, 0.15) is 11.6 Å². The highest BCUT2D eigenvalue weighted by atomic mass is 35.5. The van der Waals surface area contributed by atoms with Crippen molar-refractivity contribution in [1.82, 2.24) is 24.6 Å². The fourth-order valence-electron chi connectivity index (χ4n) is 3.63. The third-order valence-corrected chi connectivity index (χ3v) is 6.62. The molecule has 39 heavy (non-hydrogen) atoms. The van der Waals surface area contributed by atoms with E-state index in [4.69, 9.17) is 27.5 Å². The van der Waals surface area contributed by atoms with Crippen molar-refractivity contribution in [2.45, 2.75) is 17.7 Å². The summed E-state index contributed by atoms with van der Waals surface area (Å²) in [5, 5.41) is 17.2. The topological polar surface area (TPSA) is 183 Å². The van der Waals surface area contributed by atoms with Crippen molar-refractivity contribution in [2.75, 3.05) is 22.3 Å². The first kappa shape index (κ1) is 26.1. The van der Waals surface area contributed by atoms with E-state index in [9.17, 15) is 14.3 Å². The lowest BCUT2D eigenvalue weighted by Gasteiger charge is -2.10. The van der Waals surface area contributed by atoms with Gasteiger partial charge in [-0.1, -0.05) is 17.7 Å². The SMILES string of the molecule is NC(=O)c1cc(SNc2ccc(CCCNc3nc(N)n4nc(-c5ccco5)nc4n3)c(F)c2)cc(Cl)c1O. The number of phenols is 1. The molecule has 0 aliphatic rings. The van der Waals surface area contributed by atoms with Crippen LogP contribution >= 0.6 is 23.5 Å². The molecular formula is C24H21ClFN9O3S. The molecule has 0 aliphatic heterocycles. The number of nitrogens with two attached hydrogens (primary N) is 2. The van der Waals surface area contributed by atoms with Crippen molar-refractivity contribution < 1.29 is 18.7 Å². The number of anilines is 3. The largest absolute Gasteiger partial charge is 0.506 e. The zero-order valence-corrected chi connectivity index (χ0v) is 21.6. The van der Waals surface area contributed by atoms with Gasteiger partial charge in [0.05, 0.1) is 16.8 Å². The van der Waals surface area contributed by atoms with Crippen LogP contribution in [0.3, 0.4) is 0 Å². The van der Waals surface area contributed by atoms with E-state index in [1.54, 1.807) is 24.3 Å². The molecule has 5 aromatic rings. The van der Waals surface area contributed by atoms with Crippen molar-refractivity contribution >= 4 is 52.8 Å². The molecule has 0 unspecified atom stereocenters. The van der Waals surface area contributed by atoms with Gasteiger partial charge >= 0.3 is 0 Å². The molecule has 0 aliphatic carbocycles. The number of halogens is 2. The molecule has 3 aromatic heterocycles. The number of carbonyl (C=O) groups excluding carboxylic acids is 1. The van der Waals surface area contributed by atoms with Crippen LogP contribution in [-0.2, 0) is 6.42 Å². The Balaban J connectivity index is 1.15. The lowest BCUT2D eigenvalue weighted by atomic mass is 10.1. The summed E-state index contributed by atoms with van der Waals surface area (Å²) in [5.41, 5.74) is 12.2. The quantitative estimate of drug-likeness (QED) is 0.120. The van der Waals surface area contributed by atoms with Crippen LogP contribution in [0, 0.1) is 5.82 Å². The highest BCUT2D eigenvalue weighted by molar-refractivity contribution is 8.00. The maximum absolute atomic E-state index is 14.7. The summed E-state index contributed by atoms with van der Waals surface area (Å²) < 4.78 is 24.3. The zero-order chi connectivity index (χ0) is 27.5. The summed E-state index contributed by atoms with van der Waals surface area (Å²) in [6.07, 6.45) is 2.58. The standard InChI is InChI=1S/C24H21ClFN9O3S/c25-16-11-14(10-15(19(16)36)20(27)37)39-34-13-6-5-12(17(26)9-13)3-1-7-29-23-31-22(28)35-24(32-23)30-21(33-35)18-4-2-8-38-18/h2,4-6,8-11,34,36H,1,3,7H2,(H2,27,37)(H3,28,29,30,31,32,33). The highest BCUT2D eigenvalue weighted by Crippen LogP contribution is 2.33. The molecule has 3 heterocycles. The number of benzene rings is 2. The summed E-state index contributed by atoms with van der Waals surface area (Å²) in [6.45, 7) is 0.466. The number of fused-ring (bicyclic) bond motifs is 1. The minimum Gasteiger partial charge on any atom is -0.506 e. The molecule has 200 valence electrons. The average Bonchev–Trinajstić information content (AvgIpc) is 3.58. The van der Waals surface area contributed by atoms with Crippen LogP contribution in [0.4, 0.5) is 22.0 Å². The molecule has 0 saturated carbocycles. The van der Waals surface area contributed by atoms with E-state index in [-0.39, 0.29) is 39.8 Å². The van der Waals surface area contributed by atoms with E-state index in [2.05, 4.69) is 30.1 Å². The van der Waals surface area contributed by atoms with Gasteiger partial charge in [-0.3, -0.25) is 4.79 Å². The maximum atomic E-state index is 14.7. The molecule has 0 atom stereocenters. The van der Waals surface area contributed by atoms with Crippen molar-refractivity contribution in [1.29, 1.82) is 0 Å². The third-order valence-electron chi connectivity index (χ3n) is 5.52. The fraction of sp³-hybridized carbons (Fsp3) is 0.125. The van der Waals surface area contributed by atoms with Crippen LogP contribution in [0.1, 0.15) is 22.3 Å². The molecule has 12 nitrogen and oxygen atoms in total. The van der Waals surface area contributed by atoms with Crippen LogP contribution in [0.25, 0.3) is 17.4 Å². The number of hydrogen-bond donors (Lipinski definition) is 5. The van der Waals surface area contributed by atoms with E-state index >= 15 is 0 Å². The number of nitrogens with zero attached hydrogens (tertiary/aromatic N) is 5. The summed E-state index contributed by atoms with van der Waals surface area (Å²) in [7, 11) is 0. The van der Waals surface area contributed by atoms with Crippen molar-refractivity contribution in [2.24, 2.45) is 5.73 Å². The molecule has 5 rings (SSSR count). The first-order chi connectivity index (χ1) is 18.8. The van der Waals surface area contributed by atoms with E-state index in [1.807, 2.05) is 0 Å². The summed E-state index contributed by atoms with van der Waals surface area (Å²) in [6, 6.07) is 11.1. The predicted molar refractivity (Wildman–Crippen MR) is 145 cm³/mol. The van der Waals surface area contributed by atoms with Gasteiger partial charge in [-0.25, -0.2) is 4.39 Å². The van der Waals surface area contributed by atoms with Crippen LogP contribution in [0.15, 0.2) is 58.0 Å². The number of amides is 1. The van der Waals surface area contributed by atoms with Gasteiger partial charge in [0.2, 0.25) is 17.7 Å². The number of aromatic nitrogens is 5. The number of aromatic hydroxyl groups is 1. The van der Waals surface area contributed by atoms with Crippen LogP contribution in [0.5, 0.6) is 5.75 Å². The van der Waals surface area contributed by atoms with E-state index in [0.29, 0.717) is 47.1 Å². The maximum Gasteiger partial charge on any atom is 0.259 e. The second-order valence-corrected chi connectivity index (χ2v) is 9.52. The lowest BCUT2D eigenvalue weighted by Crippen LogP contribution is -2.11. The van der Waals surface area contributed by atoms with Gasteiger partial charge in [-0.2, -0.15) is 19.5 Å². The Hall–Kier alpha value is -4.56. The predicted octanol–water partition coefficient (Wildman–Crippen LogP) is 4.12. The van der Waals surface area contributed by atoms with Crippen LogP contribution in [-0.4, -0.2) is 42.1 Å².